The number of carboxylic acid groups (broad SMARTS) is 1. The van der Waals surface area contributed by atoms with Crippen molar-refractivity contribution in [3.8, 4) is 0 Å². The minimum atomic E-state index is -1.16. The van der Waals surface area contributed by atoms with Gasteiger partial charge in [0.1, 0.15) is 5.54 Å². The third-order valence-corrected chi connectivity index (χ3v) is 4.27. The molecule has 0 radical (unpaired) electrons. The second kappa shape index (κ2) is 5.93. The number of urea groups is 1. The van der Waals surface area contributed by atoms with Crippen LogP contribution in [0.15, 0.2) is 18.2 Å². The van der Waals surface area contributed by atoms with Crippen molar-refractivity contribution in [1.29, 1.82) is 0 Å². The van der Waals surface area contributed by atoms with Crippen molar-refractivity contribution in [1.82, 2.24) is 4.90 Å². The summed E-state index contributed by atoms with van der Waals surface area (Å²) in [5.41, 5.74) is 0.321. The van der Waals surface area contributed by atoms with Crippen LogP contribution in [-0.2, 0) is 4.79 Å². The van der Waals surface area contributed by atoms with E-state index < -0.39 is 17.5 Å². The van der Waals surface area contributed by atoms with Crippen molar-refractivity contribution in [2.75, 3.05) is 11.9 Å². The molecule has 114 valence electrons. The standard InChI is InChI=1S/C15H19ClN2O3/c1-10-5-6-11(16)9-12(10)17-14(21)18-8-4-3-7-15(18,2)13(19)20/h5-6,9H,3-4,7-8H2,1-2H3,(H,17,21)(H,19,20). The maximum atomic E-state index is 12.5. The van der Waals surface area contributed by atoms with Crippen LogP contribution in [0.1, 0.15) is 31.7 Å². The van der Waals surface area contributed by atoms with Crippen LogP contribution in [0, 0.1) is 6.92 Å². The number of likely N-dealkylation sites (tertiary alicyclic amines) is 1. The van der Waals surface area contributed by atoms with E-state index in [2.05, 4.69) is 5.32 Å². The minimum Gasteiger partial charge on any atom is -0.480 e. The SMILES string of the molecule is Cc1ccc(Cl)cc1NC(=O)N1CCCCC1(C)C(=O)O. The normalized spacial score (nSPS) is 22.0. The summed E-state index contributed by atoms with van der Waals surface area (Å²) in [5, 5.41) is 12.7. The van der Waals surface area contributed by atoms with Crippen molar-refractivity contribution in [3.63, 3.8) is 0 Å². The topological polar surface area (TPSA) is 69.6 Å². The van der Waals surface area contributed by atoms with Gasteiger partial charge in [-0.1, -0.05) is 17.7 Å². The van der Waals surface area contributed by atoms with Crippen LogP contribution in [0.2, 0.25) is 5.02 Å². The van der Waals surface area contributed by atoms with E-state index in [0.717, 1.165) is 18.4 Å². The molecule has 0 spiro atoms. The molecule has 0 aromatic heterocycles. The number of benzene rings is 1. The highest BCUT2D eigenvalue weighted by Gasteiger charge is 2.44. The van der Waals surface area contributed by atoms with E-state index in [9.17, 15) is 14.7 Å². The van der Waals surface area contributed by atoms with E-state index in [4.69, 9.17) is 11.6 Å². The molecule has 1 saturated heterocycles. The van der Waals surface area contributed by atoms with Crippen LogP contribution in [0.4, 0.5) is 10.5 Å². The molecule has 1 aliphatic heterocycles. The first-order valence-electron chi connectivity index (χ1n) is 6.93. The number of carboxylic acids is 1. The van der Waals surface area contributed by atoms with Crippen molar-refractivity contribution in [2.24, 2.45) is 0 Å². The zero-order chi connectivity index (χ0) is 15.6. The number of anilines is 1. The molecule has 1 unspecified atom stereocenters. The van der Waals surface area contributed by atoms with E-state index in [1.165, 1.54) is 4.90 Å². The number of hydrogen-bond acceptors (Lipinski definition) is 2. The Balaban J connectivity index is 2.22. The molecule has 2 rings (SSSR count). The van der Waals surface area contributed by atoms with E-state index in [1.807, 2.05) is 13.0 Å². The Labute approximate surface area is 128 Å². The van der Waals surface area contributed by atoms with E-state index in [0.29, 0.717) is 23.7 Å². The van der Waals surface area contributed by atoms with Crippen LogP contribution in [0.3, 0.4) is 0 Å². The van der Waals surface area contributed by atoms with Gasteiger partial charge in [0.25, 0.3) is 0 Å². The Kier molecular flexibility index (Phi) is 4.42. The quantitative estimate of drug-likeness (QED) is 0.878. The number of nitrogens with zero attached hydrogens (tertiary/aromatic N) is 1. The van der Waals surface area contributed by atoms with Gasteiger partial charge >= 0.3 is 12.0 Å². The summed E-state index contributed by atoms with van der Waals surface area (Å²) in [7, 11) is 0. The molecule has 21 heavy (non-hydrogen) atoms. The first-order chi connectivity index (χ1) is 9.84. The molecule has 0 aliphatic carbocycles. The molecular formula is C15H19ClN2O3. The lowest BCUT2D eigenvalue weighted by molar-refractivity contribution is -0.150. The molecule has 1 heterocycles. The second-order valence-electron chi connectivity index (χ2n) is 5.58. The van der Waals surface area contributed by atoms with E-state index >= 15 is 0 Å². The average molecular weight is 311 g/mol. The van der Waals surface area contributed by atoms with Crippen LogP contribution < -0.4 is 5.32 Å². The largest absolute Gasteiger partial charge is 0.480 e. The second-order valence-corrected chi connectivity index (χ2v) is 6.01. The number of nitrogens with one attached hydrogen (secondary N) is 1. The molecule has 1 aliphatic rings. The monoisotopic (exact) mass is 310 g/mol. The third-order valence-electron chi connectivity index (χ3n) is 4.04. The molecule has 6 heteroatoms. The highest BCUT2D eigenvalue weighted by Crippen LogP contribution is 2.29. The minimum absolute atomic E-state index is 0.398. The van der Waals surface area contributed by atoms with Gasteiger partial charge < -0.3 is 15.3 Å². The summed E-state index contributed by atoms with van der Waals surface area (Å²) in [5.74, 6) is -0.972. The third kappa shape index (κ3) is 3.13. The van der Waals surface area contributed by atoms with Gasteiger partial charge in [0.05, 0.1) is 0 Å². The number of amides is 2. The van der Waals surface area contributed by atoms with Gasteiger partial charge in [0.2, 0.25) is 0 Å². The summed E-state index contributed by atoms with van der Waals surface area (Å²) >= 11 is 5.93. The van der Waals surface area contributed by atoms with Crippen LogP contribution in [0.5, 0.6) is 0 Å². The molecule has 1 aromatic carbocycles. The number of hydrogen-bond donors (Lipinski definition) is 2. The highest BCUT2D eigenvalue weighted by molar-refractivity contribution is 6.31. The summed E-state index contributed by atoms with van der Waals surface area (Å²) in [4.78, 5) is 25.4. The zero-order valence-corrected chi connectivity index (χ0v) is 12.9. The van der Waals surface area contributed by atoms with Gasteiger partial charge in [-0.05, 0) is 50.8 Å². The van der Waals surface area contributed by atoms with Crippen molar-refractivity contribution in [2.45, 2.75) is 38.6 Å². The number of halogens is 1. The first kappa shape index (κ1) is 15.6. The molecule has 2 amide bonds. The van der Waals surface area contributed by atoms with Crippen molar-refractivity contribution in [3.05, 3.63) is 28.8 Å². The van der Waals surface area contributed by atoms with Crippen LogP contribution >= 0.6 is 11.6 Å². The predicted octanol–water partition coefficient (Wildman–Crippen LogP) is 3.51. The number of aliphatic carboxylic acids is 1. The number of rotatable bonds is 2. The number of aryl methyl sites for hydroxylation is 1. The Morgan fingerprint density at radius 1 is 1.38 bits per heavy atom. The fraction of sp³-hybridized carbons (Fsp3) is 0.467. The first-order valence-corrected chi connectivity index (χ1v) is 7.30. The van der Waals surface area contributed by atoms with Crippen molar-refractivity contribution >= 4 is 29.3 Å². The molecule has 5 nitrogen and oxygen atoms in total. The van der Waals surface area contributed by atoms with Crippen LogP contribution in [0.25, 0.3) is 0 Å². The molecule has 1 aromatic rings. The Bertz CT molecular complexity index is 576. The lowest BCUT2D eigenvalue weighted by Gasteiger charge is -2.41. The maximum Gasteiger partial charge on any atom is 0.329 e. The van der Waals surface area contributed by atoms with Gasteiger partial charge in [-0.2, -0.15) is 0 Å². The van der Waals surface area contributed by atoms with Gasteiger partial charge in [0.15, 0.2) is 0 Å². The Morgan fingerprint density at radius 2 is 2.10 bits per heavy atom. The van der Waals surface area contributed by atoms with Crippen LogP contribution in [-0.4, -0.2) is 34.1 Å². The average Bonchev–Trinajstić information content (AvgIpc) is 2.43. The zero-order valence-electron chi connectivity index (χ0n) is 12.1. The van der Waals surface area contributed by atoms with E-state index in [-0.39, 0.29) is 0 Å². The van der Waals surface area contributed by atoms with Gasteiger partial charge in [-0.15, -0.1) is 0 Å². The van der Waals surface area contributed by atoms with Crippen molar-refractivity contribution < 1.29 is 14.7 Å². The highest BCUT2D eigenvalue weighted by atomic mass is 35.5. The number of carbonyl (C=O) groups excluding carboxylic acids is 1. The molecular weight excluding hydrogens is 292 g/mol. The summed E-state index contributed by atoms with van der Waals surface area (Å²) in [6.45, 7) is 3.89. The lowest BCUT2D eigenvalue weighted by Crippen LogP contribution is -2.58. The van der Waals surface area contributed by atoms with Gasteiger partial charge in [0, 0.05) is 17.3 Å². The smallest absolute Gasteiger partial charge is 0.329 e. The summed E-state index contributed by atoms with van der Waals surface area (Å²) < 4.78 is 0. The van der Waals surface area contributed by atoms with Gasteiger partial charge in [-0.3, -0.25) is 0 Å². The molecule has 2 N–H and O–H groups in total. The number of piperidine rings is 1. The lowest BCUT2D eigenvalue weighted by atomic mass is 9.89. The molecule has 0 bridgehead atoms. The summed E-state index contributed by atoms with van der Waals surface area (Å²) in [6.07, 6.45) is 2.08. The fourth-order valence-corrected chi connectivity index (χ4v) is 2.75. The fourth-order valence-electron chi connectivity index (χ4n) is 2.58. The number of carbonyl (C=O) groups is 2. The molecule has 1 atom stereocenters. The molecule has 1 fully saturated rings. The predicted molar refractivity (Wildman–Crippen MR) is 81.8 cm³/mol. The molecule has 0 saturated carbocycles. The van der Waals surface area contributed by atoms with E-state index in [1.54, 1.807) is 19.1 Å². The van der Waals surface area contributed by atoms with Gasteiger partial charge in [-0.25, -0.2) is 9.59 Å². The Morgan fingerprint density at radius 3 is 2.76 bits per heavy atom. The maximum absolute atomic E-state index is 12.5. The summed E-state index contributed by atoms with van der Waals surface area (Å²) in [6, 6.07) is 4.82. The Hall–Kier alpha value is -1.75.